The van der Waals surface area contributed by atoms with Crippen LogP contribution in [-0.2, 0) is 34.1 Å². The Labute approximate surface area is 205 Å². The molecule has 3 aromatic rings. The molecular formula is C23H19F4N3O5S. The molecule has 0 spiro atoms. The quantitative estimate of drug-likeness (QED) is 0.286. The monoisotopic (exact) mass is 525 g/mol. The summed E-state index contributed by atoms with van der Waals surface area (Å²) in [5.74, 6) is -5.08. The fourth-order valence-corrected chi connectivity index (χ4v) is 4.94. The Bertz CT molecular complexity index is 1430. The molecule has 1 unspecified atom stereocenters. The third-order valence-electron chi connectivity index (χ3n) is 5.76. The fourth-order valence-electron chi connectivity index (χ4n) is 4.03. The van der Waals surface area contributed by atoms with Crippen LogP contribution in [0, 0.1) is 11.7 Å². The molecule has 1 aliphatic rings. The van der Waals surface area contributed by atoms with Crippen molar-refractivity contribution >= 4 is 45.1 Å². The summed E-state index contributed by atoms with van der Waals surface area (Å²) in [5.41, 5.74) is -1.45. The smallest absolute Gasteiger partial charge is 0.419 e. The van der Waals surface area contributed by atoms with Gasteiger partial charge in [0.05, 0.1) is 35.5 Å². The second-order valence-electron chi connectivity index (χ2n) is 7.97. The Hall–Kier alpha value is -3.74. The lowest BCUT2D eigenvalue weighted by atomic mass is 10.0. The molecule has 1 saturated heterocycles. The highest BCUT2D eigenvalue weighted by molar-refractivity contribution is 7.16. The Kier molecular flexibility index (Phi) is 6.60. The number of hydrogen-bond acceptors (Lipinski definition) is 6. The van der Waals surface area contributed by atoms with Crippen LogP contribution >= 0.6 is 11.3 Å². The number of alkyl halides is 3. The Morgan fingerprint density at radius 1 is 1.17 bits per heavy atom. The number of urea groups is 1. The highest BCUT2D eigenvalue weighted by Crippen LogP contribution is 2.36. The first-order valence-electron chi connectivity index (χ1n) is 10.7. The molecule has 0 saturated carbocycles. The summed E-state index contributed by atoms with van der Waals surface area (Å²) in [6.07, 6.45) is -5.08. The van der Waals surface area contributed by atoms with Crippen molar-refractivity contribution in [1.29, 1.82) is 0 Å². The molecule has 0 radical (unpaired) electrons. The Balaban J connectivity index is 1.78. The van der Waals surface area contributed by atoms with Crippen LogP contribution < -0.4 is 9.77 Å². The summed E-state index contributed by atoms with van der Waals surface area (Å²) < 4.78 is 61.6. The Morgan fingerprint density at radius 3 is 2.56 bits per heavy atom. The number of anilines is 1. The van der Waals surface area contributed by atoms with E-state index in [1.54, 1.807) is 13.1 Å². The number of nitrogens with zero attached hydrogens (tertiary/aromatic N) is 3. The molecule has 190 valence electrons. The van der Waals surface area contributed by atoms with Crippen LogP contribution in [0.3, 0.4) is 0 Å². The van der Waals surface area contributed by atoms with Crippen molar-refractivity contribution in [3.05, 3.63) is 63.0 Å². The number of rotatable bonds is 5. The van der Waals surface area contributed by atoms with E-state index < -0.39 is 60.0 Å². The number of fused-ring (bicyclic) bond motifs is 1. The van der Waals surface area contributed by atoms with Gasteiger partial charge in [-0.15, -0.1) is 0 Å². The molecule has 1 aliphatic heterocycles. The summed E-state index contributed by atoms with van der Waals surface area (Å²) in [5, 5.41) is 0. The number of carbonyl (C=O) groups excluding carboxylic acids is 3. The lowest BCUT2D eigenvalue weighted by Crippen LogP contribution is -2.58. The van der Waals surface area contributed by atoms with Crippen molar-refractivity contribution in [2.45, 2.75) is 19.6 Å². The van der Waals surface area contributed by atoms with E-state index in [4.69, 9.17) is 4.74 Å². The summed E-state index contributed by atoms with van der Waals surface area (Å²) in [4.78, 5) is 52.3. The van der Waals surface area contributed by atoms with E-state index in [0.29, 0.717) is 21.2 Å². The SMILES string of the molecule is CCOC(=O)C1CN(c2ccc3c(c2)sc(=O)n3C)C(=O)N(Cc2cccc(F)c2C(F)(F)F)C1=O. The van der Waals surface area contributed by atoms with E-state index in [2.05, 4.69) is 0 Å². The van der Waals surface area contributed by atoms with Gasteiger partial charge in [0.1, 0.15) is 5.82 Å². The van der Waals surface area contributed by atoms with Crippen LogP contribution in [0.2, 0.25) is 0 Å². The minimum Gasteiger partial charge on any atom is -0.465 e. The highest BCUT2D eigenvalue weighted by Gasteiger charge is 2.45. The lowest BCUT2D eigenvalue weighted by molar-refractivity contribution is -0.155. The first kappa shape index (κ1) is 25.4. The molecule has 2 aromatic carbocycles. The predicted octanol–water partition coefficient (Wildman–Crippen LogP) is 3.91. The molecule has 0 aliphatic carbocycles. The molecular weight excluding hydrogens is 506 g/mol. The van der Waals surface area contributed by atoms with Gasteiger partial charge in [-0.25, -0.2) is 9.18 Å². The molecule has 0 bridgehead atoms. The van der Waals surface area contributed by atoms with Crippen molar-refractivity contribution < 1.29 is 36.7 Å². The van der Waals surface area contributed by atoms with E-state index in [0.717, 1.165) is 28.4 Å². The van der Waals surface area contributed by atoms with Crippen LogP contribution in [-0.4, -0.2) is 40.5 Å². The van der Waals surface area contributed by atoms with Crippen molar-refractivity contribution in [2.75, 3.05) is 18.1 Å². The fraction of sp³-hybridized carbons (Fsp3) is 0.304. The number of amides is 3. The van der Waals surface area contributed by atoms with Crippen LogP contribution in [0.25, 0.3) is 10.2 Å². The molecule has 3 amide bonds. The normalized spacial score (nSPS) is 16.7. The van der Waals surface area contributed by atoms with Gasteiger partial charge in [-0.3, -0.25) is 24.2 Å². The largest absolute Gasteiger partial charge is 0.465 e. The molecule has 13 heteroatoms. The number of aromatic nitrogens is 1. The maximum Gasteiger partial charge on any atom is 0.419 e. The molecule has 8 nitrogen and oxygen atoms in total. The van der Waals surface area contributed by atoms with Gasteiger partial charge in [-0.2, -0.15) is 13.2 Å². The van der Waals surface area contributed by atoms with Gasteiger partial charge in [0.25, 0.3) is 0 Å². The number of halogens is 4. The molecule has 36 heavy (non-hydrogen) atoms. The topological polar surface area (TPSA) is 88.9 Å². The minimum absolute atomic E-state index is 0.0669. The van der Waals surface area contributed by atoms with Gasteiger partial charge < -0.3 is 9.30 Å². The zero-order valence-electron chi connectivity index (χ0n) is 19.0. The summed E-state index contributed by atoms with van der Waals surface area (Å²) in [6, 6.07) is 6.19. The van der Waals surface area contributed by atoms with Gasteiger partial charge >= 0.3 is 23.0 Å². The van der Waals surface area contributed by atoms with Crippen LogP contribution in [0.5, 0.6) is 0 Å². The maximum atomic E-state index is 14.1. The lowest BCUT2D eigenvalue weighted by Gasteiger charge is -2.38. The van der Waals surface area contributed by atoms with Crippen molar-refractivity contribution in [2.24, 2.45) is 13.0 Å². The van der Waals surface area contributed by atoms with Crippen LogP contribution in [0.1, 0.15) is 18.1 Å². The third kappa shape index (κ3) is 4.45. The number of thiazole rings is 1. The molecule has 4 rings (SSSR count). The summed E-state index contributed by atoms with van der Waals surface area (Å²) in [6.45, 7) is 0.106. The minimum atomic E-state index is -5.08. The first-order valence-corrected chi connectivity index (χ1v) is 11.5. The van der Waals surface area contributed by atoms with E-state index >= 15 is 0 Å². The second-order valence-corrected chi connectivity index (χ2v) is 8.97. The maximum absolute atomic E-state index is 14.1. The molecule has 0 N–H and O–H groups in total. The van der Waals surface area contributed by atoms with Crippen molar-refractivity contribution in [3.63, 3.8) is 0 Å². The predicted molar refractivity (Wildman–Crippen MR) is 122 cm³/mol. The van der Waals surface area contributed by atoms with Crippen LogP contribution in [0.15, 0.2) is 41.2 Å². The summed E-state index contributed by atoms with van der Waals surface area (Å²) >= 11 is 0.914. The number of benzene rings is 2. The van der Waals surface area contributed by atoms with Gasteiger partial charge in [0.15, 0.2) is 5.92 Å². The van der Waals surface area contributed by atoms with Gasteiger partial charge in [0, 0.05) is 12.7 Å². The van der Waals surface area contributed by atoms with E-state index in [1.807, 2.05) is 0 Å². The summed E-state index contributed by atoms with van der Waals surface area (Å²) in [7, 11) is 1.57. The standard InChI is InChI=1S/C23H19F4N3O5S/c1-3-35-20(32)14-11-29(13-7-8-16-17(9-13)36-22(34)28(16)2)21(33)30(19(14)31)10-12-5-4-6-15(24)18(12)23(25,26)27/h4-9,14H,3,10-11H2,1-2H3. The van der Waals surface area contributed by atoms with E-state index in [1.165, 1.54) is 23.6 Å². The van der Waals surface area contributed by atoms with Crippen molar-refractivity contribution in [3.8, 4) is 0 Å². The Morgan fingerprint density at radius 2 is 1.89 bits per heavy atom. The third-order valence-corrected chi connectivity index (χ3v) is 6.76. The molecule has 1 aromatic heterocycles. The number of carbonyl (C=O) groups is 3. The zero-order valence-corrected chi connectivity index (χ0v) is 19.8. The van der Waals surface area contributed by atoms with Gasteiger partial charge in [-0.1, -0.05) is 23.5 Å². The first-order chi connectivity index (χ1) is 16.9. The number of esters is 1. The second kappa shape index (κ2) is 9.37. The molecule has 1 fully saturated rings. The average molecular weight is 525 g/mol. The van der Waals surface area contributed by atoms with E-state index in [-0.39, 0.29) is 17.2 Å². The van der Waals surface area contributed by atoms with Crippen molar-refractivity contribution in [1.82, 2.24) is 9.47 Å². The highest BCUT2D eigenvalue weighted by atomic mass is 32.1. The average Bonchev–Trinajstić information content (AvgIpc) is 3.08. The number of imide groups is 1. The van der Waals surface area contributed by atoms with Gasteiger partial charge in [0.2, 0.25) is 5.91 Å². The zero-order chi connectivity index (χ0) is 26.4. The number of aryl methyl sites for hydroxylation is 1. The number of hydrogen-bond donors (Lipinski definition) is 0. The molecule has 2 heterocycles. The van der Waals surface area contributed by atoms with Crippen LogP contribution in [0.4, 0.5) is 28.0 Å². The van der Waals surface area contributed by atoms with Gasteiger partial charge in [-0.05, 0) is 36.8 Å². The number of ether oxygens (including phenoxy) is 1. The molecule has 1 atom stereocenters. The van der Waals surface area contributed by atoms with E-state index in [9.17, 15) is 36.7 Å².